The first-order valence-electron chi connectivity index (χ1n) is 10.9. The average Bonchev–Trinajstić information content (AvgIpc) is 3.43. The second-order valence-electron chi connectivity index (χ2n) is 8.43. The van der Waals surface area contributed by atoms with E-state index >= 15 is 0 Å². The monoisotopic (exact) mass is 466 g/mol. The maximum absolute atomic E-state index is 12.8. The van der Waals surface area contributed by atoms with E-state index in [-0.39, 0.29) is 5.92 Å². The molecule has 2 aromatic heterocycles. The molecule has 1 saturated heterocycles. The average molecular weight is 467 g/mol. The number of fused-ring (bicyclic) bond motifs is 1. The van der Waals surface area contributed by atoms with E-state index < -0.39 is 0 Å². The third kappa shape index (κ3) is 3.91. The first-order valence-corrected chi connectivity index (χ1v) is 11.7. The Labute approximate surface area is 185 Å². The molecule has 3 heterocycles. The van der Waals surface area contributed by atoms with Gasteiger partial charge in [-0.15, -0.1) is 0 Å². The highest BCUT2D eigenvalue weighted by molar-refractivity contribution is 9.10. The van der Waals surface area contributed by atoms with Crippen molar-refractivity contribution in [3.05, 3.63) is 58.8 Å². The number of pyridine rings is 1. The lowest BCUT2D eigenvalue weighted by atomic mass is 10.1. The molecule has 0 unspecified atom stereocenters. The number of imidazole rings is 1. The summed E-state index contributed by atoms with van der Waals surface area (Å²) >= 11 is 3.53. The number of hydrogen-bond donors (Lipinski definition) is 0. The molecule has 1 aliphatic heterocycles. The summed E-state index contributed by atoms with van der Waals surface area (Å²) in [4.78, 5) is 22.2. The van der Waals surface area contributed by atoms with Crippen molar-refractivity contribution < 1.29 is 4.79 Å². The number of hydrogen-bond acceptors (Lipinski definition) is 3. The van der Waals surface area contributed by atoms with Gasteiger partial charge in [-0.3, -0.25) is 9.69 Å². The maximum Gasteiger partial charge on any atom is 0.225 e. The lowest BCUT2D eigenvalue weighted by molar-refractivity contribution is -0.137. The summed E-state index contributed by atoms with van der Waals surface area (Å²) in [6.45, 7) is 4.33. The van der Waals surface area contributed by atoms with Crippen LogP contribution in [-0.2, 0) is 11.3 Å². The molecular formula is C24H27BrN4O. The summed E-state index contributed by atoms with van der Waals surface area (Å²) in [6.07, 6.45) is 6.68. The summed E-state index contributed by atoms with van der Waals surface area (Å²) in [5.74, 6) is 0.664. The fourth-order valence-corrected chi connectivity index (χ4v) is 5.07. The van der Waals surface area contributed by atoms with E-state index in [1.54, 1.807) is 0 Å². The summed E-state index contributed by atoms with van der Waals surface area (Å²) in [5, 5.41) is 0. The predicted octanol–water partition coefficient (Wildman–Crippen LogP) is 4.60. The zero-order chi connectivity index (χ0) is 20.5. The smallest absolute Gasteiger partial charge is 0.225 e. The van der Waals surface area contributed by atoms with Gasteiger partial charge < -0.3 is 9.30 Å². The van der Waals surface area contributed by atoms with Gasteiger partial charge in [0.2, 0.25) is 5.91 Å². The third-order valence-corrected chi connectivity index (χ3v) is 7.04. The third-order valence-electron chi connectivity index (χ3n) is 6.51. The van der Waals surface area contributed by atoms with Crippen molar-refractivity contribution in [2.45, 2.75) is 32.2 Å². The Morgan fingerprint density at radius 1 is 1.00 bits per heavy atom. The largest absolute Gasteiger partial charge is 0.340 e. The predicted molar refractivity (Wildman–Crippen MR) is 122 cm³/mol. The topological polar surface area (TPSA) is 40.9 Å². The van der Waals surface area contributed by atoms with Crippen molar-refractivity contribution in [2.24, 2.45) is 5.92 Å². The van der Waals surface area contributed by atoms with Crippen LogP contribution < -0.4 is 0 Å². The molecule has 0 atom stereocenters. The van der Waals surface area contributed by atoms with Crippen molar-refractivity contribution in [1.29, 1.82) is 0 Å². The van der Waals surface area contributed by atoms with Crippen LogP contribution in [0, 0.1) is 5.92 Å². The van der Waals surface area contributed by atoms with Crippen LogP contribution in [0.25, 0.3) is 16.9 Å². The number of carbonyl (C=O) groups excluding carboxylic acids is 1. The van der Waals surface area contributed by atoms with Gasteiger partial charge in [-0.25, -0.2) is 4.98 Å². The van der Waals surface area contributed by atoms with E-state index in [4.69, 9.17) is 4.98 Å². The molecule has 1 aromatic carbocycles. The second-order valence-corrected chi connectivity index (χ2v) is 9.34. The number of carbonyl (C=O) groups is 1. The number of halogens is 1. The highest BCUT2D eigenvalue weighted by Gasteiger charge is 2.30. The van der Waals surface area contributed by atoms with Gasteiger partial charge in [0.1, 0.15) is 5.65 Å². The first kappa shape index (κ1) is 19.8. The summed E-state index contributed by atoms with van der Waals surface area (Å²) in [6, 6.07) is 14.5. The number of benzene rings is 1. The fraction of sp³-hybridized carbons (Fsp3) is 0.417. The van der Waals surface area contributed by atoms with Crippen molar-refractivity contribution in [2.75, 3.05) is 26.2 Å². The number of aromatic nitrogens is 2. The Morgan fingerprint density at radius 2 is 1.73 bits per heavy atom. The van der Waals surface area contributed by atoms with Gasteiger partial charge in [0.25, 0.3) is 0 Å². The molecule has 0 bridgehead atoms. The Kier molecular flexibility index (Phi) is 5.61. The molecule has 1 saturated carbocycles. The summed E-state index contributed by atoms with van der Waals surface area (Å²) in [5.41, 5.74) is 4.36. The van der Waals surface area contributed by atoms with E-state index in [1.807, 2.05) is 6.07 Å². The summed E-state index contributed by atoms with van der Waals surface area (Å²) < 4.78 is 3.27. The van der Waals surface area contributed by atoms with Gasteiger partial charge in [0.05, 0.1) is 11.4 Å². The van der Waals surface area contributed by atoms with Crippen LogP contribution in [0.4, 0.5) is 0 Å². The van der Waals surface area contributed by atoms with E-state index in [9.17, 15) is 4.79 Å². The summed E-state index contributed by atoms with van der Waals surface area (Å²) in [7, 11) is 0. The number of rotatable bonds is 4. The van der Waals surface area contributed by atoms with Crippen LogP contribution >= 0.6 is 15.9 Å². The van der Waals surface area contributed by atoms with Crippen LogP contribution in [0.2, 0.25) is 0 Å². The van der Waals surface area contributed by atoms with Crippen LogP contribution in [-0.4, -0.2) is 51.3 Å². The second kappa shape index (κ2) is 8.52. The fourth-order valence-electron chi connectivity index (χ4n) is 4.81. The van der Waals surface area contributed by atoms with Gasteiger partial charge >= 0.3 is 0 Å². The SMILES string of the molecule is O=C(C1CCCC1)N1CCN(Cc2c(-c3ccc(Br)cc3)nc3ccccn23)CC1. The Bertz CT molecular complexity index is 1030. The quantitative estimate of drug-likeness (QED) is 0.563. The molecule has 6 heteroatoms. The highest BCUT2D eigenvalue weighted by atomic mass is 79.9. The van der Waals surface area contributed by atoms with Crippen LogP contribution in [0.3, 0.4) is 0 Å². The zero-order valence-corrected chi connectivity index (χ0v) is 18.7. The molecule has 5 nitrogen and oxygen atoms in total. The molecule has 0 radical (unpaired) electrons. The Balaban J connectivity index is 1.35. The standard InChI is InChI=1S/C24H27BrN4O/c25-20-10-8-18(9-11-20)23-21(29-12-4-3-7-22(29)26-23)17-27-13-15-28(16-14-27)24(30)19-5-1-2-6-19/h3-4,7-12,19H,1-2,5-6,13-17H2. The number of nitrogens with zero attached hydrogens (tertiary/aromatic N) is 4. The van der Waals surface area contributed by atoms with E-state index in [0.29, 0.717) is 5.91 Å². The number of amides is 1. The highest BCUT2D eigenvalue weighted by Crippen LogP contribution is 2.29. The first-order chi connectivity index (χ1) is 14.7. The van der Waals surface area contributed by atoms with Crippen LogP contribution in [0.1, 0.15) is 31.4 Å². The molecule has 0 N–H and O–H groups in total. The molecule has 0 spiro atoms. The van der Waals surface area contributed by atoms with Gasteiger partial charge in [0.15, 0.2) is 0 Å². The molecule has 156 valence electrons. The lowest BCUT2D eigenvalue weighted by Gasteiger charge is -2.36. The van der Waals surface area contributed by atoms with Gasteiger partial charge in [-0.05, 0) is 37.1 Å². The van der Waals surface area contributed by atoms with Gasteiger partial charge in [0, 0.05) is 54.9 Å². The van der Waals surface area contributed by atoms with Crippen molar-refractivity contribution in [3.63, 3.8) is 0 Å². The molecule has 1 amide bonds. The molecule has 30 heavy (non-hydrogen) atoms. The van der Waals surface area contributed by atoms with Crippen molar-refractivity contribution in [3.8, 4) is 11.3 Å². The molecular weight excluding hydrogens is 440 g/mol. The van der Waals surface area contributed by atoms with E-state index in [2.05, 4.69) is 72.7 Å². The normalized spacial score (nSPS) is 18.4. The van der Waals surface area contributed by atoms with Gasteiger partial charge in [-0.2, -0.15) is 0 Å². The van der Waals surface area contributed by atoms with E-state index in [0.717, 1.165) is 66.9 Å². The van der Waals surface area contributed by atoms with Gasteiger partial charge in [-0.1, -0.05) is 47.0 Å². The lowest BCUT2D eigenvalue weighted by Crippen LogP contribution is -2.49. The van der Waals surface area contributed by atoms with Crippen molar-refractivity contribution >= 4 is 27.5 Å². The molecule has 3 aromatic rings. The molecule has 1 aliphatic carbocycles. The minimum absolute atomic E-state index is 0.277. The van der Waals surface area contributed by atoms with Crippen LogP contribution in [0.5, 0.6) is 0 Å². The molecule has 2 fully saturated rings. The van der Waals surface area contributed by atoms with Crippen LogP contribution in [0.15, 0.2) is 53.1 Å². The Morgan fingerprint density at radius 3 is 2.47 bits per heavy atom. The molecule has 2 aliphatic rings. The number of piperazine rings is 1. The maximum atomic E-state index is 12.8. The van der Waals surface area contributed by atoms with E-state index in [1.165, 1.54) is 18.5 Å². The molecule has 5 rings (SSSR count). The minimum atomic E-state index is 0.277. The van der Waals surface area contributed by atoms with Crippen molar-refractivity contribution in [1.82, 2.24) is 19.2 Å². The zero-order valence-electron chi connectivity index (χ0n) is 17.1. The Hall–Kier alpha value is -2.18. The minimum Gasteiger partial charge on any atom is -0.340 e.